The molecule has 1 aliphatic rings. The summed E-state index contributed by atoms with van der Waals surface area (Å²) in [5.74, 6) is 1.75. The van der Waals surface area contributed by atoms with Gasteiger partial charge >= 0.3 is 0 Å². The van der Waals surface area contributed by atoms with Gasteiger partial charge < -0.3 is 15.0 Å². The molecule has 0 spiro atoms. The molecule has 1 aromatic heterocycles. The molecule has 6 heteroatoms. The Kier molecular flexibility index (Phi) is 3.90. The largest absolute Gasteiger partial charge is 0.483 e. The summed E-state index contributed by atoms with van der Waals surface area (Å²) in [4.78, 5) is 4.42. The van der Waals surface area contributed by atoms with Crippen LogP contribution in [0.3, 0.4) is 0 Å². The number of nitrogens with zero attached hydrogens (tertiary/aromatic N) is 2. The van der Waals surface area contributed by atoms with Gasteiger partial charge in [0.25, 0.3) is 5.89 Å². The van der Waals surface area contributed by atoms with E-state index in [9.17, 15) is 0 Å². The minimum Gasteiger partial charge on any atom is -0.483 e. The molecule has 2 N–H and O–H groups in total. The van der Waals surface area contributed by atoms with Crippen molar-refractivity contribution >= 4 is 22.4 Å². The lowest BCUT2D eigenvalue weighted by molar-refractivity contribution is 0.243. The second-order valence-corrected chi connectivity index (χ2v) is 6.66. The van der Waals surface area contributed by atoms with Gasteiger partial charge in [-0.05, 0) is 25.0 Å². The van der Waals surface area contributed by atoms with E-state index >= 15 is 0 Å². The van der Waals surface area contributed by atoms with Gasteiger partial charge in [-0.3, -0.25) is 0 Å². The molecular formula is C18H18ClN3O2. The van der Waals surface area contributed by atoms with Crippen LogP contribution in [0.1, 0.15) is 37.4 Å². The predicted octanol–water partition coefficient (Wildman–Crippen LogP) is 4.18. The van der Waals surface area contributed by atoms with E-state index in [1.807, 2.05) is 36.4 Å². The quantitative estimate of drug-likeness (QED) is 0.769. The summed E-state index contributed by atoms with van der Waals surface area (Å²) in [5, 5.41) is 6.65. The van der Waals surface area contributed by atoms with Crippen molar-refractivity contribution < 1.29 is 9.26 Å². The molecule has 124 valence electrons. The zero-order chi connectivity index (χ0) is 16.6. The molecule has 2 aromatic carbocycles. The lowest BCUT2D eigenvalue weighted by Crippen LogP contribution is -2.34. The fraction of sp³-hybridized carbons (Fsp3) is 0.333. The standard InChI is InChI=1S/C18H18ClN3O2/c19-14-7-8-15(13-6-2-1-5-12(13)14)23-11-16-21-17(22-24-16)18(20)9-3-4-10-18/h1-2,5-8H,3-4,9-11,20H2. The zero-order valence-electron chi connectivity index (χ0n) is 13.2. The van der Waals surface area contributed by atoms with Crippen LogP contribution >= 0.6 is 11.6 Å². The van der Waals surface area contributed by atoms with Gasteiger partial charge in [-0.2, -0.15) is 4.98 Å². The van der Waals surface area contributed by atoms with E-state index in [1.165, 1.54) is 0 Å². The molecule has 0 atom stereocenters. The van der Waals surface area contributed by atoms with Crippen LogP contribution in [-0.2, 0) is 12.1 Å². The van der Waals surface area contributed by atoms with Crippen molar-refractivity contribution in [1.29, 1.82) is 0 Å². The van der Waals surface area contributed by atoms with Gasteiger partial charge in [-0.1, -0.05) is 53.9 Å². The van der Waals surface area contributed by atoms with Crippen LogP contribution in [0.5, 0.6) is 5.75 Å². The lowest BCUT2D eigenvalue weighted by atomic mass is 9.99. The first-order valence-electron chi connectivity index (χ1n) is 8.08. The third-order valence-corrected chi connectivity index (χ3v) is 4.92. The van der Waals surface area contributed by atoms with Crippen LogP contribution in [0.25, 0.3) is 10.8 Å². The highest BCUT2D eigenvalue weighted by Gasteiger charge is 2.35. The second-order valence-electron chi connectivity index (χ2n) is 6.25. The Morgan fingerprint density at radius 1 is 1.12 bits per heavy atom. The fourth-order valence-electron chi connectivity index (χ4n) is 3.25. The van der Waals surface area contributed by atoms with E-state index in [0.717, 1.165) is 42.2 Å². The van der Waals surface area contributed by atoms with Crippen molar-refractivity contribution in [3.05, 3.63) is 53.1 Å². The van der Waals surface area contributed by atoms with E-state index in [4.69, 9.17) is 26.6 Å². The van der Waals surface area contributed by atoms with Gasteiger partial charge in [0.15, 0.2) is 12.4 Å². The molecule has 1 fully saturated rings. The number of rotatable bonds is 4. The van der Waals surface area contributed by atoms with Crippen molar-refractivity contribution in [3.8, 4) is 5.75 Å². The summed E-state index contributed by atoms with van der Waals surface area (Å²) in [6.45, 7) is 0.203. The predicted molar refractivity (Wildman–Crippen MR) is 91.9 cm³/mol. The smallest absolute Gasteiger partial charge is 0.264 e. The summed E-state index contributed by atoms with van der Waals surface area (Å²) in [5.41, 5.74) is 5.90. The Hall–Kier alpha value is -2.11. The molecule has 0 bridgehead atoms. The van der Waals surface area contributed by atoms with Crippen LogP contribution < -0.4 is 10.5 Å². The molecule has 0 radical (unpaired) electrons. The van der Waals surface area contributed by atoms with Gasteiger partial charge in [-0.25, -0.2) is 0 Å². The number of aromatic nitrogens is 2. The molecule has 3 aromatic rings. The van der Waals surface area contributed by atoms with Crippen molar-refractivity contribution in [2.45, 2.75) is 37.8 Å². The molecular weight excluding hydrogens is 326 g/mol. The molecule has 1 aliphatic carbocycles. The van der Waals surface area contributed by atoms with Crippen LogP contribution in [0, 0.1) is 0 Å². The number of hydrogen-bond donors (Lipinski definition) is 1. The Morgan fingerprint density at radius 3 is 2.67 bits per heavy atom. The normalized spacial score (nSPS) is 16.6. The highest BCUT2D eigenvalue weighted by Crippen LogP contribution is 2.35. The first-order valence-corrected chi connectivity index (χ1v) is 8.45. The number of fused-ring (bicyclic) bond motifs is 1. The SMILES string of the molecule is NC1(c2noc(COc3ccc(Cl)c4ccccc34)n2)CCCC1. The number of ether oxygens (including phenoxy) is 1. The van der Waals surface area contributed by atoms with E-state index in [1.54, 1.807) is 0 Å². The van der Waals surface area contributed by atoms with Gasteiger partial charge in [-0.15, -0.1) is 0 Å². The summed E-state index contributed by atoms with van der Waals surface area (Å²) in [7, 11) is 0. The van der Waals surface area contributed by atoms with E-state index in [0.29, 0.717) is 16.7 Å². The van der Waals surface area contributed by atoms with Crippen molar-refractivity contribution in [2.24, 2.45) is 5.73 Å². The highest BCUT2D eigenvalue weighted by atomic mass is 35.5. The van der Waals surface area contributed by atoms with Crippen molar-refractivity contribution in [2.75, 3.05) is 0 Å². The van der Waals surface area contributed by atoms with E-state index < -0.39 is 5.54 Å². The maximum absolute atomic E-state index is 6.35. The Bertz CT molecular complexity index is 872. The van der Waals surface area contributed by atoms with Crippen LogP contribution in [0.2, 0.25) is 5.02 Å². The molecule has 0 aliphatic heterocycles. The molecule has 0 amide bonds. The Labute approximate surface area is 144 Å². The lowest BCUT2D eigenvalue weighted by Gasteiger charge is -2.17. The highest BCUT2D eigenvalue weighted by molar-refractivity contribution is 6.35. The van der Waals surface area contributed by atoms with Gasteiger partial charge in [0.1, 0.15) is 5.75 Å². The summed E-state index contributed by atoms with van der Waals surface area (Å²) >= 11 is 6.23. The fourth-order valence-corrected chi connectivity index (χ4v) is 3.47. The molecule has 1 heterocycles. The molecule has 1 saturated carbocycles. The minimum atomic E-state index is -0.450. The van der Waals surface area contributed by atoms with Gasteiger partial charge in [0.05, 0.1) is 5.54 Å². The first-order chi connectivity index (χ1) is 11.7. The first kappa shape index (κ1) is 15.4. The van der Waals surface area contributed by atoms with Crippen LogP contribution in [0.15, 0.2) is 40.9 Å². The van der Waals surface area contributed by atoms with Crippen molar-refractivity contribution in [1.82, 2.24) is 10.1 Å². The monoisotopic (exact) mass is 343 g/mol. The third-order valence-electron chi connectivity index (χ3n) is 4.59. The summed E-state index contributed by atoms with van der Waals surface area (Å²) in [6.07, 6.45) is 4.00. The second kappa shape index (κ2) is 6.07. The average molecular weight is 344 g/mol. The molecule has 24 heavy (non-hydrogen) atoms. The maximum atomic E-state index is 6.35. The van der Waals surface area contributed by atoms with Gasteiger partial charge in [0, 0.05) is 15.8 Å². The van der Waals surface area contributed by atoms with Crippen LogP contribution in [-0.4, -0.2) is 10.1 Å². The maximum Gasteiger partial charge on any atom is 0.264 e. The number of nitrogens with two attached hydrogens (primary N) is 1. The number of halogens is 1. The third kappa shape index (κ3) is 2.74. The van der Waals surface area contributed by atoms with Gasteiger partial charge in [0.2, 0.25) is 0 Å². The molecule has 5 nitrogen and oxygen atoms in total. The average Bonchev–Trinajstić information content (AvgIpc) is 3.25. The van der Waals surface area contributed by atoms with E-state index in [2.05, 4.69) is 10.1 Å². The molecule has 0 saturated heterocycles. The topological polar surface area (TPSA) is 74.2 Å². The molecule has 4 rings (SSSR count). The van der Waals surface area contributed by atoms with E-state index in [-0.39, 0.29) is 6.61 Å². The molecule has 0 unspecified atom stereocenters. The number of hydrogen-bond acceptors (Lipinski definition) is 5. The zero-order valence-corrected chi connectivity index (χ0v) is 13.9. The summed E-state index contributed by atoms with van der Waals surface area (Å²) in [6, 6.07) is 11.5. The van der Waals surface area contributed by atoms with Crippen LogP contribution in [0.4, 0.5) is 0 Å². The summed E-state index contributed by atoms with van der Waals surface area (Å²) < 4.78 is 11.2. The Balaban J connectivity index is 1.54. The minimum absolute atomic E-state index is 0.203. The number of benzene rings is 2. The Morgan fingerprint density at radius 2 is 1.88 bits per heavy atom. The van der Waals surface area contributed by atoms with Crippen molar-refractivity contribution in [3.63, 3.8) is 0 Å².